The Hall–Kier alpha value is -0.0200. The summed E-state index contributed by atoms with van der Waals surface area (Å²) in [5.41, 5.74) is 1.07. The predicted octanol–water partition coefficient (Wildman–Crippen LogP) is 6.58. The lowest BCUT2D eigenvalue weighted by Gasteiger charge is -2.61. The lowest BCUT2D eigenvalue weighted by atomic mass is 9.44. The van der Waals surface area contributed by atoms with Crippen molar-refractivity contribution in [1.29, 1.82) is 0 Å². The molecule has 166 valence electrons. The van der Waals surface area contributed by atoms with E-state index in [9.17, 15) is 4.79 Å². The molecule has 4 aliphatic rings. The number of ether oxygens (including phenoxy) is 1. The van der Waals surface area contributed by atoms with Gasteiger partial charge >= 0.3 is 0 Å². The maximum absolute atomic E-state index is 11.8. The number of ketones is 1. The standard InChI is InChI=1S/C26H44O2S/c1-17(5-7-19(27)16-29)22-9-10-23-21-8-6-18-15-20(28-4)11-13-25(18,2)24(21)12-14-26(22,23)3/h17-18,20-24,29H,5-16H2,1-4H3/t17-,18-,20-,21+,22-,23+,24+,25+,26-/m1/s1. The maximum atomic E-state index is 11.8. The van der Waals surface area contributed by atoms with E-state index in [2.05, 4.69) is 33.4 Å². The fraction of sp³-hybridized carbons (Fsp3) is 0.962. The highest BCUT2D eigenvalue weighted by atomic mass is 32.1. The zero-order chi connectivity index (χ0) is 20.8. The topological polar surface area (TPSA) is 26.3 Å². The number of hydrogen-bond acceptors (Lipinski definition) is 3. The molecule has 0 aromatic carbocycles. The van der Waals surface area contributed by atoms with E-state index in [1.165, 1.54) is 57.8 Å². The largest absolute Gasteiger partial charge is 0.381 e. The zero-order valence-electron chi connectivity index (χ0n) is 19.3. The van der Waals surface area contributed by atoms with E-state index in [4.69, 9.17) is 4.74 Å². The molecule has 0 radical (unpaired) electrons. The molecule has 0 aliphatic heterocycles. The molecule has 0 aromatic heterocycles. The van der Waals surface area contributed by atoms with Crippen molar-refractivity contribution in [2.75, 3.05) is 12.9 Å². The van der Waals surface area contributed by atoms with Gasteiger partial charge in [0.15, 0.2) is 0 Å². The summed E-state index contributed by atoms with van der Waals surface area (Å²) in [5, 5.41) is 0. The summed E-state index contributed by atoms with van der Waals surface area (Å²) < 4.78 is 5.77. The predicted molar refractivity (Wildman–Crippen MR) is 123 cm³/mol. The fourth-order valence-corrected chi connectivity index (χ4v) is 9.24. The SMILES string of the molecule is CO[C@@H]1CC[C@@]2(C)[C@H](CC[C@@H]3[C@@H]2CC[C@]2(C)[C@@H]([C@H](C)CCC(=O)CS)CC[C@@H]32)C1. The molecule has 9 atom stereocenters. The Bertz CT molecular complexity index is 606. The van der Waals surface area contributed by atoms with Crippen molar-refractivity contribution in [3.8, 4) is 0 Å². The monoisotopic (exact) mass is 420 g/mol. The van der Waals surface area contributed by atoms with Gasteiger partial charge in [0.05, 0.1) is 6.10 Å². The van der Waals surface area contributed by atoms with Gasteiger partial charge in [-0.05, 0) is 111 Å². The van der Waals surface area contributed by atoms with E-state index >= 15 is 0 Å². The molecule has 0 saturated heterocycles. The average Bonchev–Trinajstić information content (AvgIpc) is 3.08. The molecule has 0 aromatic rings. The van der Waals surface area contributed by atoms with Crippen LogP contribution in [0.3, 0.4) is 0 Å². The second-order valence-electron chi connectivity index (χ2n) is 11.7. The third kappa shape index (κ3) is 3.75. The Morgan fingerprint density at radius 3 is 2.48 bits per heavy atom. The number of fused-ring (bicyclic) bond motifs is 5. The number of carbonyl (C=O) groups is 1. The number of methoxy groups -OCH3 is 1. The van der Waals surface area contributed by atoms with Crippen LogP contribution in [0.2, 0.25) is 0 Å². The van der Waals surface area contributed by atoms with Crippen molar-refractivity contribution >= 4 is 18.4 Å². The molecule has 0 amide bonds. The van der Waals surface area contributed by atoms with E-state index in [1.807, 2.05) is 7.11 Å². The first-order valence-corrected chi connectivity index (χ1v) is 13.1. The van der Waals surface area contributed by atoms with Crippen LogP contribution in [0.4, 0.5) is 0 Å². The summed E-state index contributed by atoms with van der Waals surface area (Å²) in [6.07, 6.45) is 14.9. The maximum Gasteiger partial charge on any atom is 0.142 e. The van der Waals surface area contributed by atoms with Crippen LogP contribution in [0.15, 0.2) is 0 Å². The Morgan fingerprint density at radius 2 is 1.76 bits per heavy atom. The molecule has 2 nitrogen and oxygen atoms in total. The van der Waals surface area contributed by atoms with Crippen molar-refractivity contribution in [3.05, 3.63) is 0 Å². The van der Waals surface area contributed by atoms with Crippen LogP contribution in [0.25, 0.3) is 0 Å². The van der Waals surface area contributed by atoms with Gasteiger partial charge in [0.25, 0.3) is 0 Å². The van der Waals surface area contributed by atoms with E-state index < -0.39 is 0 Å². The first kappa shape index (κ1) is 22.2. The van der Waals surface area contributed by atoms with Crippen molar-refractivity contribution in [2.24, 2.45) is 46.3 Å². The lowest BCUT2D eigenvalue weighted by Crippen LogP contribution is -2.54. The van der Waals surface area contributed by atoms with E-state index in [-0.39, 0.29) is 0 Å². The van der Waals surface area contributed by atoms with Gasteiger partial charge < -0.3 is 4.74 Å². The number of rotatable bonds is 6. The van der Waals surface area contributed by atoms with Gasteiger partial charge in [-0.25, -0.2) is 0 Å². The minimum absolute atomic E-state index is 0.321. The number of thiol groups is 1. The summed E-state index contributed by atoms with van der Waals surface area (Å²) in [6, 6.07) is 0. The van der Waals surface area contributed by atoms with Crippen LogP contribution in [0.5, 0.6) is 0 Å². The highest BCUT2D eigenvalue weighted by Crippen LogP contribution is 2.68. The normalized spacial score (nSPS) is 47.8. The molecule has 0 heterocycles. The highest BCUT2D eigenvalue weighted by molar-refractivity contribution is 7.81. The summed E-state index contributed by atoms with van der Waals surface area (Å²) in [7, 11) is 1.91. The Balaban J connectivity index is 1.47. The second kappa shape index (κ2) is 8.49. The third-order valence-corrected chi connectivity index (χ3v) is 11.1. The van der Waals surface area contributed by atoms with Crippen LogP contribution in [0, 0.1) is 46.3 Å². The van der Waals surface area contributed by atoms with Crippen LogP contribution < -0.4 is 0 Å². The smallest absolute Gasteiger partial charge is 0.142 e. The molecule has 0 spiro atoms. The Morgan fingerprint density at radius 1 is 1.03 bits per heavy atom. The van der Waals surface area contributed by atoms with Gasteiger partial charge in [0.1, 0.15) is 5.78 Å². The molecule has 4 rings (SSSR count). The zero-order valence-corrected chi connectivity index (χ0v) is 20.2. The average molecular weight is 421 g/mol. The summed E-state index contributed by atoms with van der Waals surface area (Å²) >= 11 is 4.17. The van der Waals surface area contributed by atoms with Crippen molar-refractivity contribution < 1.29 is 9.53 Å². The minimum Gasteiger partial charge on any atom is -0.381 e. The molecule has 4 saturated carbocycles. The van der Waals surface area contributed by atoms with Crippen molar-refractivity contribution in [3.63, 3.8) is 0 Å². The molecule has 4 fully saturated rings. The van der Waals surface area contributed by atoms with E-state index in [0.717, 1.165) is 42.4 Å². The molecular formula is C26H44O2S. The van der Waals surface area contributed by atoms with Gasteiger partial charge in [0.2, 0.25) is 0 Å². The summed E-state index contributed by atoms with van der Waals surface area (Å²) in [4.78, 5) is 11.8. The number of Topliss-reactive ketones (excluding diaryl/α,β-unsaturated/α-hetero) is 1. The second-order valence-corrected chi connectivity index (χ2v) is 12.0. The first-order chi connectivity index (χ1) is 13.8. The quantitative estimate of drug-likeness (QED) is 0.491. The molecule has 3 heteroatoms. The summed E-state index contributed by atoms with van der Waals surface area (Å²) in [6.45, 7) is 7.72. The molecule has 0 bridgehead atoms. The van der Waals surface area contributed by atoms with Gasteiger partial charge in [-0.2, -0.15) is 12.6 Å². The van der Waals surface area contributed by atoms with Crippen LogP contribution in [-0.2, 0) is 9.53 Å². The van der Waals surface area contributed by atoms with Crippen LogP contribution in [-0.4, -0.2) is 24.7 Å². The molecule has 4 aliphatic carbocycles. The first-order valence-electron chi connectivity index (χ1n) is 12.5. The highest BCUT2D eigenvalue weighted by Gasteiger charge is 2.60. The van der Waals surface area contributed by atoms with Crippen molar-refractivity contribution in [1.82, 2.24) is 0 Å². The van der Waals surface area contributed by atoms with Gasteiger partial charge in [-0.3, -0.25) is 4.79 Å². The van der Waals surface area contributed by atoms with E-state index in [0.29, 0.717) is 34.4 Å². The number of hydrogen-bond donors (Lipinski definition) is 1. The molecule has 0 unspecified atom stereocenters. The Kier molecular flexibility index (Phi) is 6.49. The van der Waals surface area contributed by atoms with Gasteiger partial charge in [0, 0.05) is 19.3 Å². The van der Waals surface area contributed by atoms with Gasteiger partial charge in [-0.1, -0.05) is 20.8 Å². The minimum atomic E-state index is 0.321. The summed E-state index contributed by atoms with van der Waals surface area (Å²) in [5.74, 6) is 5.92. The number of carbonyl (C=O) groups excluding carboxylic acids is 1. The van der Waals surface area contributed by atoms with Crippen LogP contribution in [0.1, 0.15) is 91.4 Å². The fourth-order valence-electron chi connectivity index (χ4n) is 9.08. The Labute approximate surface area is 184 Å². The van der Waals surface area contributed by atoms with Crippen molar-refractivity contribution in [2.45, 2.75) is 97.5 Å². The molecular weight excluding hydrogens is 376 g/mol. The lowest BCUT2D eigenvalue weighted by molar-refractivity contribution is -0.133. The van der Waals surface area contributed by atoms with Crippen LogP contribution >= 0.6 is 12.6 Å². The molecule has 0 N–H and O–H groups in total. The third-order valence-electron chi connectivity index (χ3n) is 10.8. The molecule has 29 heavy (non-hydrogen) atoms. The van der Waals surface area contributed by atoms with E-state index in [1.54, 1.807) is 0 Å². The van der Waals surface area contributed by atoms with Gasteiger partial charge in [-0.15, -0.1) is 0 Å².